The summed E-state index contributed by atoms with van der Waals surface area (Å²) in [7, 11) is 0. The molecule has 5 rings (SSSR count). The van der Waals surface area contributed by atoms with E-state index in [4.69, 9.17) is 0 Å². The lowest BCUT2D eigenvalue weighted by molar-refractivity contribution is -0.137. The van der Waals surface area contributed by atoms with Crippen LogP contribution in [0.5, 0.6) is 0 Å². The average molecular weight is 473 g/mol. The van der Waals surface area contributed by atoms with Gasteiger partial charge in [-0.25, -0.2) is 0 Å². The molecule has 0 saturated carbocycles. The van der Waals surface area contributed by atoms with Gasteiger partial charge in [-0.2, -0.15) is 13.2 Å². The van der Waals surface area contributed by atoms with Gasteiger partial charge in [0.15, 0.2) is 0 Å². The SMILES string of the molecule is Cc1ccc(N2C(=O)c3ccccc3N(Cc3ccccc3)[C@H]2c2cccc(C(F)(F)F)c2)cc1. The molecule has 0 spiro atoms. The Morgan fingerprint density at radius 2 is 1.49 bits per heavy atom. The highest BCUT2D eigenvalue weighted by Crippen LogP contribution is 2.43. The number of carbonyl (C=O) groups excluding carboxylic acids is 1. The highest BCUT2D eigenvalue weighted by molar-refractivity contribution is 6.12. The van der Waals surface area contributed by atoms with Gasteiger partial charge in [0.05, 0.1) is 16.8 Å². The number of hydrogen-bond donors (Lipinski definition) is 0. The van der Waals surface area contributed by atoms with Gasteiger partial charge in [0.2, 0.25) is 0 Å². The minimum Gasteiger partial charge on any atom is -0.342 e. The molecule has 1 aliphatic rings. The van der Waals surface area contributed by atoms with Gasteiger partial charge in [-0.3, -0.25) is 9.69 Å². The van der Waals surface area contributed by atoms with Crippen molar-refractivity contribution in [1.29, 1.82) is 0 Å². The predicted molar refractivity (Wildman–Crippen MR) is 131 cm³/mol. The van der Waals surface area contributed by atoms with E-state index in [0.29, 0.717) is 29.0 Å². The monoisotopic (exact) mass is 472 g/mol. The fourth-order valence-corrected chi connectivity index (χ4v) is 4.54. The number of halogens is 3. The number of fused-ring (bicyclic) bond motifs is 1. The first kappa shape index (κ1) is 22.7. The van der Waals surface area contributed by atoms with Crippen molar-refractivity contribution in [2.75, 3.05) is 9.80 Å². The smallest absolute Gasteiger partial charge is 0.342 e. The van der Waals surface area contributed by atoms with Gasteiger partial charge < -0.3 is 4.90 Å². The van der Waals surface area contributed by atoms with Crippen molar-refractivity contribution in [2.24, 2.45) is 0 Å². The number of anilines is 2. The molecule has 0 aliphatic carbocycles. The number of benzene rings is 4. The molecule has 6 heteroatoms. The van der Waals surface area contributed by atoms with Crippen LogP contribution in [0.4, 0.5) is 24.5 Å². The zero-order chi connectivity index (χ0) is 24.6. The highest BCUT2D eigenvalue weighted by atomic mass is 19.4. The van der Waals surface area contributed by atoms with Gasteiger partial charge in [0, 0.05) is 12.2 Å². The number of aryl methyl sites for hydroxylation is 1. The molecule has 0 N–H and O–H groups in total. The molecule has 0 radical (unpaired) electrons. The van der Waals surface area contributed by atoms with Crippen LogP contribution in [0.1, 0.15) is 38.8 Å². The summed E-state index contributed by atoms with van der Waals surface area (Å²) < 4.78 is 41.0. The van der Waals surface area contributed by atoms with Crippen LogP contribution >= 0.6 is 0 Å². The molecular weight excluding hydrogens is 449 g/mol. The van der Waals surface area contributed by atoms with Crippen LogP contribution in [0.15, 0.2) is 103 Å². The first-order valence-corrected chi connectivity index (χ1v) is 11.3. The van der Waals surface area contributed by atoms with Crippen molar-refractivity contribution in [2.45, 2.75) is 25.8 Å². The lowest BCUT2D eigenvalue weighted by Crippen LogP contribution is -2.49. The van der Waals surface area contributed by atoms with Crippen LogP contribution in [-0.4, -0.2) is 5.91 Å². The van der Waals surface area contributed by atoms with Gasteiger partial charge >= 0.3 is 6.18 Å². The highest BCUT2D eigenvalue weighted by Gasteiger charge is 2.40. The van der Waals surface area contributed by atoms with E-state index in [0.717, 1.165) is 23.3 Å². The van der Waals surface area contributed by atoms with Gasteiger partial charge in [0.25, 0.3) is 5.91 Å². The third-order valence-electron chi connectivity index (χ3n) is 6.22. The second-order valence-corrected chi connectivity index (χ2v) is 8.64. The molecule has 0 fully saturated rings. The maximum atomic E-state index is 13.8. The molecular formula is C29H23F3N2O. The van der Waals surface area contributed by atoms with Crippen LogP contribution in [0, 0.1) is 6.92 Å². The number of rotatable bonds is 4. The van der Waals surface area contributed by atoms with Gasteiger partial charge in [0.1, 0.15) is 6.17 Å². The van der Waals surface area contributed by atoms with Crippen molar-refractivity contribution in [3.05, 3.63) is 131 Å². The maximum absolute atomic E-state index is 13.8. The first-order valence-electron chi connectivity index (χ1n) is 11.3. The molecule has 1 aliphatic heterocycles. The Kier molecular flexibility index (Phi) is 5.81. The number of carbonyl (C=O) groups is 1. The third kappa shape index (κ3) is 4.39. The summed E-state index contributed by atoms with van der Waals surface area (Å²) in [5, 5.41) is 0. The summed E-state index contributed by atoms with van der Waals surface area (Å²) in [4.78, 5) is 17.4. The van der Waals surface area contributed by atoms with Crippen molar-refractivity contribution >= 4 is 17.3 Å². The molecule has 4 aromatic rings. The Bertz CT molecular complexity index is 1350. The Morgan fingerprint density at radius 1 is 0.800 bits per heavy atom. The van der Waals surface area contributed by atoms with Crippen molar-refractivity contribution in [3.63, 3.8) is 0 Å². The molecule has 0 aromatic heterocycles. The van der Waals surface area contributed by atoms with Crippen LogP contribution in [0.25, 0.3) is 0 Å². The molecule has 4 aromatic carbocycles. The van der Waals surface area contributed by atoms with E-state index in [1.165, 1.54) is 6.07 Å². The summed E-state index contributed by atoms with van der Waals surface area (Å²) in [5.74, 6) is -0.254. The summed E-state index contributed by atoms with van der Waals surface area (Å²) in [5.41, 5.74) is 3.46. The zero-order valence-electron chi connectivity index (χ0n) is 19.0. The van der Waals surface area contributed by atoms with E-state index in [1.54, 1.807) is 23.1 Å². The van der Waals surface area contributed by atoms with E-state index in [1.807, 2.05) is 78.6 Å². The Balaban J connectivity index is 1.74. The second kappa shape index (κ2) is 8.95. The molecule has 1 amide bonds. The van der Waals surface area contributed by atoms with Crippen LogP contribution in [0.3, 0.4) is 0 Å². The van der Waals surface area contributed by atoms with Crippen LogP contribution < -0.4 is 9.80 Å². The number of para-hydroxylation sites is 1. The Labute approximate surface area is 202 Å². The molecule has 0 bridgehead atoms. The topological polar surface area (TPSA) is 23.6 Å². The van der Waals surface area contributed by atoms with Crippen molar-refractivity contribution in [3.8, 4) is 0 Å². The molecule has 0 saturated heterocycles. The Morgan fingerprint density at radius 3 is 2.20 bits per heavy atom. The molecule has 35 heavy (non-hydrogen) atoms. The molecule has 176 valence electrons. The predicted octanol–water partition coefficient (Wildman–Crippen LogP) is 7.38. The van der Waals surface area contributed by atoms with E-state index in [-0.39, 0.29) is 5.91 Å². The zero-order valence-corrected chi connectivity index (χ0v) is 19.0. The van der Waals surface area contributed by atoms with E-state index in [9.17, 15) is 18.0 Å². The van der Waals surface area contributed by atoms with Crippen molar-refractivity contribution < 1.29 is 18.0 Å². The summed E-state index contributed by atoms with van der Waals surface area (Å²) in [6.45, 7) is 2.36. The lowest BCUT2D eigenvalue weighted by atomic mass is 9.98. The maximum Gasteiger partial charge on any atom is 0.416 e. The minimum absolute atomic E-state index is 0.254. The largest absolute Gasteiger partial charge is 0.416 e. The quantitative estimate of drug-likeness (QED) is 0.309. The van der Waals surface area contributed by atoms with Crippen LogP contribution in [-0.2, 0) is 12.7 Å². The number of nitrogens with zero attached hydrogens (tertiary/aromatic N) is 2. The first-order chi connectivity index (χ1) is 16.8. The molecule has 1 heterocycles. The van der Waals surface area contributed by atoms with E-state index in [2.05, 4.69) is 0 Å². The number of hydrogen-bond acceptors (Lipinski definition) is 2. The van der Waals surface area contributed by atoms with Crippen molar-refractivity contribution in [1.82, 2.24) is 0 Å². The molecule has 1 atom stereocenters. The van der Waals surface area contributed by atoms with E-state index >= 15 is 0 Å². The average Bonchev–Trinajstić information content (AvgIpc) is 2.86. The molecule has 3 nitrogen and oxygen atoms in total. The van der Waals surface area contributed by atoms with E-state index < -0.39 is 17.9 Å². The van der Waals surface area contributed by atoms with Gasteiger partial charge in [-0.05, 0) is 54.4 Å². The van der Waals surface area contributed by atoms with Gasteiger partial charge in [-0.1, -0.05) is 72.3 Å². The Hall–Kier alpha value is -4.06. The standard InChI is InChI=1S/C29H23F3N2O/c1-20-14-16-24(17-15-20)34-27(22-10-7-11-23(18-22)29(30,31)32)33(19-21-8-3-2-4-9-21)26-13-6-5-12-25(26)28(34)35/h2-18,27H,19H2,1H3/t27-/m1/s1. The summed E-state index contributed by atoms with van der Waals surface area (Å²) >= 11 is 0. The fourth-order valence-electron chi connectivity index (χ4n) is 4.54. The summed E-state index contributed by atoms with van der Waals surface area (Å²) in [6.07, 6.45) is -5.27. The molecule has 0 unspecified atom stereocenters. The minimum atomic E-state index is -4.49. The second-order valence-electron chi connectivity index (χ2n) is 8.64. The number of alkyl halides is 3. The van der Waals surface area contributed by atoms with Gasteiger partial charge in [-0.15, -0.1) is 0 Å². The summed E-state index contributed by atoms with van der Waals surface area (Å²) in [6, 6.07) is 29.7. The fraction of sp³-hybridized carbons (Fsp3) is 0.138. The third-order valence-corrected chi connectivity index (χ3v) is 6.22. The van der Waals surface area contributed by atoms with Crippen LogP contribution in [0.2, 0.25) is 0 Å². The number of amides is 1. The normalized spacial score (nSPS) is 15.8. The lowest BCUT2D eigenvalue weighted by Gasteiger charge is -2.46.